The minimum absolute atomic E-state index is 0.171. The largest absolute Gasteiger partial charge is 0.461 e. The highest BCUT2D eigenvalue weighted by Gasteiger charge is 2.44. The van der Waals surface area contributed by atoms with Crippen molar-refractivity contribution < 1.29 is 23.9 Å². The highest BCUT2D eigenvalue weighted by Crippen LogP contribution is 2.22. The monoisotopic (exact) mass is 504 g/mol. The first kappa shape index (κ1) is 25.8. The van der Waals surface area contributed by atoms with Crippen molar-refractivity contribution in [3.05, 3.63) is 42.5 Å². The number of hydrazone groups is 1. The molecule has 0 saturated carbocycles. The molecule has 9 nitrogen and oxygen atoms in total. The minimum atomic E-state index is -0.848. The number of para-hydroxylation sites is 1. The van der Waals surface area contributed by atoms with E-state index in [2.05, 4.69) is 17.1 Å². The maximum atomic E-state index is 13.0. The van der Waals surface area contributed by atoms with E-state index >= 15 is 0 Å². The number of esters is 1. The highest BCUT2D eigenvalue weighted by atomic mass is 32.2. The fourth-order valence-electron chi connectivity index (χ4n) is 3.29. The topological polar surface area (TPSA) is 108 Å². The van der Waals surface area contributed by atoms with Crippen LogP contribution in [0.3, 0.4) is 0 Å². The van der Waals surface area contributed by atoms with Crippen molar-refractivity contribution in [3.63, 3.8) is 0 Å². The Kier molecular flexibility index (Phi) is 9.17. The van der Waals surface area contributed by atoms with Gasteiger partial charge < -0.3 is 4.74 Å². The van der Waals surface area contributed by atoms with Crippen molar-refractivity contribution in [2.75, 3.05) is 35.0 Å². The van der Waals surface area contributed by atoms with Gasteiger partial charge in [-0.2, -0.15) is 28.6 Å². The molecule has 11 heteroatoms. The van der Waals surface area contributed by atoms with Crippen LogP contribution in [-0.2, 0) is 19.1 Å². The van der Waals surface area contributed by atoms with Crippen molar-refractivity contribution in [1.29, 1.82) is 0 Å². The zero-order chi connectivity index (χ0) is 24.7. The normalized spacial score (nSPS) is 19.4. The van der Waals surface area contributed by atoms with Gasteiger partial charge in [-0.25, -0.2) is 4.79 Å². The van der Waals surface area contributed by atoms with E-state index < -0.39 is 35.6 Å². The number of anilines is 1. The van der Waals surface area contributed by atoms with E-state index in [0.717, 1.165) is 26.9 Å². The molecular formula is C23H28N4O5S2. The molecule has 0 spiro atoms. The molecule has 0 radical (unpaired) electrons. The first-order valence-corrected chi connectivity index (χ1v) is 13.2. The summed E-state index contributed by atoms with van der Waals surface area (Å²) < 4.78 is 5.57. The number of urea groups is 1. The zero-order valence-corrected chi connectivity index (χ0v) is 20.8. The van der Waals surface area contributed by atoms with Gasteiger partial charge in [-0.3, -0.25) is 29.6 Å². The summed E-state index contributed by atoms with van der Waals surface area (Å²) in [6.45, 7) is 7.12. The summed E-state index contributed by atoms with van der Waals surface area (Å²) in [5.74, 6) is 0.858. The SMILES string of the molecule is C=C1CSCC(OC(=O)CCN2C(=O)/C(=N/Nc3ccccc3)C(=O)N(C(C)C)C2=O)CSC1. The van der Waals surface area contributed by atoms with Crippen LogP contribution in [0.1, 0.15) is 20.3 Å². The van der Waals surface area contributed by atoms with Crippen LogP contribution in [0, 0.1) is 0 Å². The summed E-state index contributed by atoms with van der Waals surface area (Å²) in [7, 11) is 0. The van der Waals surface area contributed by atoms with Gasteiger partial charge >= 0.3 is 12.0 Å². The second-order valence-electron chi connectivity index (χ2n) is 8.09. The van der Waals surface area contributed by atoms with Crippen molar-refractivity contribution in [2.45, 2.75) is 32.4 Å². The lowest BCUT2D eigenvalue weighted by molar-refractivity contribution is -0.147. The van der Waals surface area contributed by atoms with Gasteiger partial charge in [-0.1, -0.05) is 30.4 Å². The van der Waals surface area contributed by atoms with Crippen LogP contribution in [0.5, 0.6) is 0 Å². The molecule has 0 bridgehead atoms. The number of barbiturate groups is 1. The summed E-state index contributed by atoms with van der Waals surface area (Å²) >= 11 is 3.33. The number of hydrogen-bond acceptors (Lipinski definition) is 9. The van der Waals surface area contributed by atoms with Crippen molar-refractivity contribution in [2.24, 2.45) is 5.10 Å². The van der Waals surface area contributed by atoms with Gasteiger partial charge in [-0.15, -0.1) is 0 Å². The van der Waals surface area contributed by atoms with Crippen molar-refractivity contribution in [1.82, 2.24) is 9.80 Å². The summed E-state index contributed by atoms with van der Waals surface area (Å²) in [5, 5.41) is 3.98. The Hall–Kier alpha value is -2.79. The van der Waals surface area contributed by atoms with E-state index in [1.807, 2.05) is 6.07 Å². The molecular weight excluding hydrogens is 476 g/mol. The lowest BCUT2D eigenvalue weighted by atomic mass is 10.1. The number of carbonyl (C=O) groups excluding carboxylic acids is 4. The van der Waals surface area contributed by atoms with Crippen molar-refractivity contribution in [3.8, 4) is 0 Å². The maximum absolute atomic E-state index is 13.0. The molecule has 2 heterocycles. The maximum Gasteiger partial charge on any atom is 0.334 e. The van der Waals surface area contributed by atoms with E-state index in [-0.39, 0.29) is 19.1 Å². The van der Waals surface area contributed by atoms with Crippen LogP contribution >= 0.6 is 23.5 Å². The molecule has 2 fully saturated rings. The van der Waals surface area contributed by atoms with E-state index in [9.17, 15) is 19.2 Å². The van der Waals surface area contributed by atoms with Crippen LogP contribution in [-0.4, -0.2) is 81.0 Å². The first-order chi connectivity index (χ1) is 16.3. The average Bonchev–Trinajstić information content (AvgIpc) is 2.77. The Balaban J connectivity index is 1.67. The fourth-order valence-corrected chi connectivity index (χ4v) is 5.49. The standard InChI is InChI=1S/C23H28N4O5S2/c1-15(2)27-22(30)20(25-24-17-7-5-4-6-8-17)21(29)26(23(27)31)10-9-19(28)32-18-13-33-11-16(3)12-34-14-18/h4-8,15,18,24H,3,9-14H2,1-2H3/b25-20-. The lowest BCUT2D eigenvalue weighted by Gasteiger charge is -2.35. The van der Waals surface area contributed by atoms with Gasteiger partial charge in [0.25, 0.3) is 11.8 Å². The third-order valence-electron chi connectivity index (χ3n) is 4.95. The lowest BCUT2D eigenvalue weighted by Crippen LogP contribution is -2.62. The van der Waals surface area contributed by atoms with E-state index in [0.29, 0.717) is 17.2 Å². The fraction of sp³-hybridized carbons (Fsp3) is 0.435. The Morgan fingerprint density at radius 2 is 1.79 bits per heavy atom. The smallest absolute Gasteiger partial charge is 0.334 e. The van der Waals surface area contributed by atoms with Crippen molar-refractivity contribution >= 4 is 58.7 Å². The molecule has 3 rings (SSSR count). The number of thioether (sulfide) groups is 2. The Bertz CT molecular complexity index is 971. The van der Waals surface area contributed by atoms with Crippen LogP contribution in [0.4, 0.5) is 10.5 Å². The van der Waals surface area contributed by atoms with Crippen LogP contribution < -0.4 is 5.43 Å². The molecule has 0 aliphatic carbocycles. The number of rotatable bonds is 7. The Morgan fingerprint density at radius 3 is 2.41 bits per heavy atom. The summed E-state index contributed by atoms with van der Waals surface area (Å²) in [6.07, 6.45) is -0.417. The summed E-state index contributed by atoms with van der Waals surface area (Å²) in [6, 6.07) is 7.55. The third-order valence-corrected chi connectivity index (χ3v) is 7.39. The molecule has 4 amide bonds. The number of hydrogen-bond donors (Lipinski definition) is 1. The summed E-state index contributed by atoms with van der Waals surface area (Å²) in [5.41, 5.74) is 4.00. The van der Waals surface area contributed by atoms with Crippen LogP contribution in [0.25, 0.3) is 0 Å². The molecule has 2 aliphatic rings. The van der Waals surface area contributed by atoms with Gasteiger partial charge in [-0.05, 0) is 26.0 Å². The zero-order valence-electron chi connectivity index (χ0n) is 19.2. The van der Waals surface area contributed by atoms with E-state index in [4.69, 9.17) is 4.74 Å². The molecule has 0 aromatic heterocycles. The number of benzene rings is 1. The predicted octanol–water partition coefficient (Wildman–Crippen LogP) is 2.99. The molecule has 0 atom stereocenters. The number of nitrogens with zero attached hydrogens (tertiary/aromatic N) is 3. The molecule has 1 aromatic rings. The molecule has 2 saturated heterocycles. The number of ether oxygens (including phenoxy) is 1. The first-order valence-electron chi connectivity index (χ1n) is 10.9. The quantitative estimate of drug-likeness (QED) is 0.343. The van der Waals surface area contributed by atoms with Gasteiger partial charge in [0.05, 0.1) is 12.1 Å². The van der Waals surface area contributed by atoms with Gasteiger partial charge in [0, 0.05) is 35.6 Å². The predicted molar refractivity (Wildman–Crippen MR) is 135 cm³/mol. The highest BCUT2D eigenvalue weighted by molar-refractivity contribution is 8.01. The molecule has 1 N–H and O–H groups in total. The van der Waals surface area contributed by atoms with Gasteiger partial charge in [0.15, 0.2) is 0 Å². The van der Waals surface area contributed by atoms with Gasteiger partial charge in [0.2, 0.25) is 5.71 Å². The second kappa shape index (κ2) is 12.1. The van der Waals surface area contributed by atoms with E-state index in [1.165, 1.54) is 0 Å². The van der Waals surface area contributed by atoms with Crippen LogP contribution in [0.2, 0.25) is 0 Å². The molecule has 0 unspecified atom stereocenters. The van der Waals surface area contributed by atoms with Crippen LogP contribution in [0.15, 0.2) is 47.6 Å². The number of nitrogens with one attached hydrogen (secondary N) is 1. The molecule has 1 aromatic carbocycles. The Morgan fingerprint density at radius 1 is 1.15 bits per heavy atom. The molecule has 34 heavy (non-hydrogen) atoms. The van der Waals surface area contributed by atoms with E-state index in [1.54, 1.807) is 61.6 Å². The summed E-state index contributed by atoms with van der Waals surface area (Å²) in [4.78, 5) is 53.0. The number of imide groups is 2. The Labute approximate surface area is 207 Å². The average molecular weight is 505 g/mol. The third kappa shape index (κ3) is 6.63. The van der Waals surface area contributed by atoms with Gasteiger partial charge in [0.1, 0.15) is 6.10 Å². The second-order valence-corrected chi connectivity index (χ2v) is 10.1. The number of carbonyl (C=O) groups is 4. The number of amides is 4. The molecule has 2 aliphatic heterocycles. The molecule has 182 valence electrons. The minimum Gasteiger partial charge on any atom is -0.461 e.